The van der Waals surface area contributed by atoms with Crippen molar-refractivity contribution in [2.24, 2.45) is 0 Å². The van der Waals surface area contributed by atoms with Gasteiger partial charge in [0.1, 0.15) is 16.0 Å². The van der Waals surface area contributed by atoms with Crippen molar-refractivity contribution in [2.45, 2.75) is 29.2 Å². The largest absolute Gasteiger partial charge is 0.352 e. The molecule has 1 heterocycles. The van der Waals surface area contributed by atoms with Gasteiger partial charge in [-0.3, -0.25) is 4.79 Å². The van der Waals surface area contributed by atoms with Gasteiger partial charge >= 0.3 is 0 Å². The minimum absolute atomic E-state index is 0.0340. The Kier molecular flexibility index (Phi) is 5.20. The molecule has 5 rings (SSSR count). The molecule has 0 aliphatic heterocycles. The van der Waals surface area contributed by atoms with Gasteiger partial charge in [0, 0.05) is 22.4 Å². The highest BCUT2D eigenvalue weighted by Gasteiger charge is 2.30. The predicted molar refractivity (Wildman–Crippen MR) is 121 cm³/mol. The average Bonchev–Trinajstić information content (AvgIpc) is 3.62. The van der Waals surface area contributed by atoms with Crippen LogP contribution in [0.15, 0.2) is 90.0 Å². The number of aromatic nitrogens is 2. The summed E-state index contributed by atoms with van der Waals surface area (Å²) >= 11 is 1.47. The van der Waals surface area contributed by atoms with E-state index in [0.717, 1.165) is 45.5 Å². The first-order chi connectivity index (χ1) is 14.8. The van der Waals surface area contributed by atoms with Crippen LogP contribution in [-0.4, -0.2) is 22.1 Å². The van der Waals surface area contributed by atoms with Gasteiger partial charge in [0.2, 0.25) is 5.91 Å². The van der Waals surface area contributed by atoms with Gasteiger partial charge in [0.25, 0.3) is 0 Å². The lowest BCUT2D eigenvalue weighted by molar-refractivity contribution is -0.120. The maximum Gasteiger partial charge on any atom is 0.238 e. The highest BCUT2D eigenvalue weighted by molar-refractivity contribution is 8.00. The summed E-state index contributed by atoms with van der Waals surface area (Å²) in [6.45, 7) is 0. The second-order valence-electron chi connectivity index (χ2n) is 7.46. The maximum atomic E-state index is 13.0. The number of carbonyl (C=O) groups is 1. The van der Waals surface area contributed by atoms with Crippen LogP contribution in [0, 0.1) is 0 Å². The van der Waals surface area contributed by atoms with E-state index < -0.39 is 0 Å². The SMILES string of the molecule is O=C(NC1CC1)C(Sc1nnc(-c2ccccc2)c2ccccc12)c1ccccc1. The first kappa shape index (κ1) is 18.8. The first-order valence-corrected chi connectivity index (χ1v) is 11.0. The van der Waals surface area contributed by atoms with Gasteiger partial charge in [-0.1, -0.05) is 96.7 Å². The number of hydrogen-bond donors (Lipinski definition) is 1. The molecule has 3 aromatic carbocycles. The van der Waals surface area contributed by atoms with E-state index in [2.05, 4.69) is 27.6 Å². The van der Waals surface area contributed by atoms with E-state index in [1.807, 2.05) is 72.8 Å². The molecular weight excluding hydrogens is 390 g/mol. The molecule has 0 radical (unpaired) electrons. The molecule has 4 aromatic rings. The van der Waals surface area contributed by atoms with Crippen molar-refractivity contribution in [2.75, 3.05) is 0 Å². The van der Waals surface area contributed by atoms with Crippen LogP contribution in [0.4, 0.5) is 0 Å². The van der Waals surface area contributed by atoms with E-state index in [9.17, 15) is 4.79 Å². The Hall–Kier alpha value is -3.18. The third kappa shape index (κ3) is 3.94. The van der Waals surface area contributed by atoms with E-state index in [-0.39, 0.29) is 11.2 Å². The van der Waals surface area contributed by atoms with E-state index >= 15 is 0 Å². The molecule has 5 heteroatoms. The molecule has 1 amide bonds. The number of nitrogens with one attached hydrogen (secondary N) is 1. The predicted octanol–water partition coefficient (Wildman–Crippen LogP) is 5.41. The van der Waals surface area contributed by atoms with Crippen molar-refractivity contribution in [3.63, 3.8) is 0 Å². The Labute approximate surface area is 179 Å². The number of thioether (sulfide) groups is 1. The molecule has 0 saturated heterocycles. The molecule has 1 atom stereocenters. The number of rotatable bonds is 6. The molecule has 148 valence electrons. The number of fused-ring (bicyclic) bond motifs is 1. The molecule has 1 unspecified atom stereocenters. The topological polar surface area (TPSA) is 54.9 Å². The van der Waals surface area contributed by atoms with Crippen molar-refractivity contribution in [3.8, 4) is 11.3 Å². The van der Waals surface area contributed by atoms with Gasteiger partial charge in [-0.15, -0.1) is 10.2 Å². The summed E-state index contributed by atoms with van der Waals surface area (Å²) in [4.78, 5) is 13.0. The van der Waals surface area contributed by atoms with Crippen LogP contribution < -0.4 is 5.32 Å². The molecule has 1 fully saturated rings. The van der Waals surface area contributed by atoms with Crippen molar-refractivity contribution in [1.82, 2.24) is 15.5 Å². The van der Waals surface area contributed by atoms with E-state index in [0.29, 0.717) is 6.04 Å². The molecule has 1 saturated carbocycles. The monoisotopic (exact) mass is 411 g/mol. The molecule has 1 aliphatic carbocycles. The highest BCUT2D eigenvalue weighted by atomic mass is 32.2. The fourth-order valence-electron chi connectivity index (χ4n) is 3.49. The van der Waals surface area contributed by atoms with Crippen LogP contribution >= 0.6 is 11.8 Å². The summed E-state index contributed by atoms with van der Waals surface area (Å²) in [5.74, 6) is 0.0340. The Bertz CT molecular complexity index is 1180. The minimum atomic E-state index is -0.368. The van der Waals surface area contributed by atoms with Gasteiger partial charge in [-0.25, -0.2) is 0 Å². The molecule has 1 aliphatic rings. The van der Waals surface area contributed by atoms with Gasteiger partial charge < -0.3 is 5.32 Å². The zero-order valence-corrected chi connectivity index (χ0v) is 17.2. The lowest BCUT2D eigenvalue weighted by Crippen LogP contribution is -2.29. The molecule has 4 nitrogen and oxygen atoms in total. The summed E-state index contributed by atoms with van der Waals surface area (Å²) in [5.41, 5.74) is 2.86. The Balaban J connectivity index is 1.55. The lowest BCUT2D eigenvalue weighted by atomic mass is 10.1. The quantitative estimate of drug-likeness (QED) is 0.431. The number of amides is 1. The van der Waals surface area contributed by atoms with E-state index in [4.69, 9.17) is 0 Å². The standard InChI is InChI=1S/C25H21N3OS/c29-24(26-19-15-16-19)23(18-11-5-2-6-12-18)30-25-21-14-8-7-13-20(21)22(27-28-25)17-9-3-1-4-10-17/h1-14,19,23H,15-16H2,(H,26,29). The fourth-order valence-corrected chi connectivity index (χ4v) is 4.58. The number of nitrogens with zero attached hydrogens (tertiary/aromatic N) is 2. The molecule has 1 aromatic heterocycles. The van der Waals surface area contributed by atoms with Crippen LogP contribution in [0.25, 0.3) is 22.0 Å². The van der Waals surface area contributed by atoms with E-state index in [1.54, 1.807) is 0 Å². The fraction of sp³-hybridized carbons (Fsp3) is 0.160. The smallest absolute Gasteiger partial charge is 0.238 e. The first-order valence-electron chi connectivity index (χ1n) is 10.1. The molecular formula is C25H21N3OS. The van der Waals surface area contributed by atoms with Crippen molar-refractivity contribution in [3.05, 3.63) is 90.5 Å². The van der Waals surface area contributed by atoms with E-state index in [1.165, 1.54) is 11.8 Å². The second kappa shape index (κ2) is 8.28. The summed E-state index contributed by atoms with van der Waals surface area (Å²) < 4.78 is 0. The third-order valence-electron chi connectivity index (χ3n) is 5.19. The average molecular weight is 412 g/mol. The summed E-state index contributed by atoms with van der Waals surface area (Å²) in [5, 5.41) is 14.7. The van der Waals surface area contributed by atoms with Crippen molar-refractivity contribution < 1.29 is 4.79 Å². The number of benzene rings is 3. The Morgan fingerprint density at radius 2 is 1.47 bits per heavy atom. The van der Waals surface area contributed by atoms with Crippen molar-refractivity contribution >= 4 is 28.4 Å². The molecule has 0 bridgehead atoms. The number of carbonyl (C=O) groups excluding carboxylic acids is 1. The third-order valence-corrected chi connectivity index (χ3v) is 6.44. The van der Waals surface area contributed by atoms with Crippen molar-refractivity contribution in [1.29, 1.82) is 0 Å². The van der Waals surface area contributed by atoms with Crippen LogP contribution in [0.3, 0.4) is 0 Å². The Morgan fingerprint density at radius 3 is 2.17 bits per heavy atom. The summed E-state index contributed by atoms with van der Waals surface area (Å²) in [6.07, 6.45) is 2.12. The lowest BCUT2D eigenvalue weighted by Gasteiger charge is -2.17. The zero-order valence-electron chi connectivity index (χ0n) is 16.4. The number of hydrogen-bond acceptors (Lipinski definition) is 4. The molecule has 1 N–H and O–H groups in total. The highest BCUT2D eigenvalue weighted by Crippen LogP contribution is 2.39. The summed E-state index contributed by atoms with van der Waals surface area (Å²) in [7, 11) is 0. The Morgan fingerprint density at radius 1 is 0.833 bits per heavy atom. The minimum Gasteiger partial charge on any atom is -0.352 e. The zero-order chi connectivity index (χ0) is 20.3. The van der Waals surface area contributed by atoms with Gasteiger partial charge in [0.05, 0.1) is 0 Å². The molecule has 30 heavy (non-hydrogen) atoms. The van der Waals surface area contributed by atoms with Crippen LogP contribution in [0.2, 0.25) is 0 Å². The van der Waals surface area contributed by atoms with Gasteiger partial charge in [-0.2, -0.15) is 0 Å². The van der Waals surface area contributed by atoms with Gasteiger partial charge in [0.15, 0.2) is 0 Å². The summed E-state index contributed by atoms with van der Waals surface area (Å²) in [6, 6.07) is 28.4. The maximum absolute atomic E-state index is 13.0. The van der Waals surface area contributed by atoms with Crippen LogP contribution in [-0.2, 0) is 4.79 Å². The van der Waals surface area contributed by atoms with Gasteiger partial charge in [-0.05, 0) is 18.4 Å². The normalized spacial score (nSPS) is 14.4. The van der Waals surface area contributed by atoms with Crippen LogP contribution in [0.5, 0.6) is 0 Å². The second-order valence-corrected chi connectivity index (χ2v) is 8.55. The van der Waals surface area contributed by atoms with Crippen LogP contribution in [0.1, 0.15) is 23.7 Å². The molecule has 0 spiro atoms.